The van der Waals surface area contributed by atoms with Crippen LogP contribution in [-0.2, 0) is 6.54 Å². The third-order valence-corrected chi connectivity index (χ3v) is 4.39. The Morgan fingerprint density at radius 2 is 1.96 bits per heavy atom. The Kier molecular flexibility index (Phi) is 3.91. The predicted octanol–water partition coefficient (Wildman–Crippen LogP) is 3.19. The van der Waals surface area contributed by atoms with Crippen LogP contribution in [0.15, 0.2) is 67.1 Å². The number of nitrogens with one attached hydrogen (secondary N) is 1. The normalized spacial score (nSPS) is 15.2. The Labute approximate surface area is 140 Å². The summed E-state index contributed by atoms with van der Waals surface area (Å²) in [5, 5.41) is 7.44. The Hall–Kier alpha value is -2.82. The van der Waals surface area contributed by atoms with Gasteiger partial charge in [-0.05, 0) is 36.6 Å². The summed E-state index contributed by atoms with van der Waals surface area (Å²) in [5.74, 6) is -0.0343. The molecule has 1 fully saturated rings. The van der Waals surface area contributed by atoms with E-state index >= 15 is 0 Å². The Morgan fingerprint density at radius 1 is 1.12 bits per heavy atom. The molecule has 3 aromatic rings. The molecular weight excluding hydrogens is 300 g/mol. The number of amides is 1. The molecule has 2 aromatic heterocycles. The van der Waals surface area contributed by atoms with Crippen LogP contribution in [0.25, 0.3) is 0 Å². The number of nitrogens with zero attached hydrogens (tertiary/aromatic N) is 3. The van der Waals surface area contributed by atoms with Crippen molar-refractivity contribution in [3.05, 3.63) is 78.4 Å². The molecule has 0 spiro atoms. The predicted molar refractivity (Wildman–Crippen MR) is 91.6 cm³/mol. The van der Waals surface area contributed by atoms with Crippen LogP contribution >= 0.6 is 0 Å². The summed E-state index contributed by atoms with van der Waals surface area (Å²) < 4.78 is 3.93. The third kappa shape index (κ3) is 3.11. The first kappa shape index (κ1) is 14.8. The highest BCUT2D eigenvalue weighted by Gasteiger charge is 2.27. The average Bonchev–Trinajstić information content (AvgIpc) is 3.11. The van der Waals surface area contributed by atoms with E-state index in [0.29, 0.717) is 12.6 Å². The first-order valence-electron chi connectivity index (χ1n) is 8.31. The number of hydrogen-bond donors (Lipinski definition) is 1. The van der Waals surface area contributed by atoms with Crippen molar-refractivity contribution < 1.29 is 4.79 Å². The summed E-state index contributed by atoms with van der Waals surface area (Å²) in [7, 11) is 0. The average molecular weight is 320 g/mol. The molecular formula is C19H20N4O. The molecule has 1 amide bonds. The van der Waals surface area contributed by atoms with Gasteiger partial charge in [-0.3, -0.25) is 9.48 Å². The van der Waals surface area contributed by atoms with Crippen LogP contribution in [0.4, 0.5) is 0 Å². The van der Waals surface area contributed by atoms with Gasteiger partial charge in [-0.15, -0.1) is 0 Å². The highest BCUT2D eigenvalue weighted by atomic mass is 16.2. The second kappa shape index (κ2) is 6.35. The largest absolute Gasteiger partial charge is 0.342 e. The van der Waals surface area contributed by atoms with Gasteiger partial charge in [0.2, 0.25) is 0 Å². The van der Waals surface area contributed by atoms with Crippen LogP contribution in [0, 0.1) is 0 Å². The zero-order chi connectivity index (χ0) is 16.4. The minimum atomic E-state index is -0.124. The molecule has 5 heteroatoms. The van der Waals surface area contributed by atoms with Crippen molar-refractivity contribution >= 4 is 5.91 Å². The summed E-state index contributed by atoms with van der Waals surface area (Å²) in [6.45, 7) is 0.604. The molecule has 122 valence electrons. The fourth-order valence-corrected chi connectivity index (χ4v) is 3.00. The fourth-order valence-electron chi connectivity index (χ4n) is 3.00. The van der Waals surface area contributed by atoms with E-state index in [-0.39, 0.29) is 11.9 Å². The Balaban J connectivity index is 1.56. The number of benzene rings is 1. The summed E-state index contributed by atoms with van der Waals surface area (Å²) >= 11 is 0. The number of hydrogen-bond acceptors (Lipinski definition) is 2. The van der Waals surface area contributed by atoms with E-state index in [0.717, 1.165) is 24.1 Å². The molecule has 1 aromatic carbocycles. The molecule has 0 radical (unpaired) electrons. The lowest BCUT2D eigenvalue weighted by Gasteiger charge is -2.20. The molecule has 1 aliphatic carbocycles. The van der Waals surface area contributed by atoms with Gasteiger partial charge in [0.05, 0.1) is 12.6 Å². The minimum absolute atomic E-state index is 0.0343. The van der Waals surface area contributed by atoms with Gasteiger partial charge in [-0.1, -0.05) is 30.3 Å². The maximum absolute atomic E-state index is 12.8. The maximum atomic E-state index is 12.8. The van der Waals surface area contributed by atoms with Crippen molar-refractivity contribution in [3.63, 3.8) is 0 Å². The number of aromatic nitrogens is 3. The first-order chi connectivity index (χ1) is 11.8. The van der Waals surface area contributed by atoms with Gasteiger partial charge < -0.3 is 9.88 Å². The van der Waals surface area contributed by atoms with E-state index in [1.807, 2.05) is 65.6 Å². The topological polar surface area (TPSA) is 51.9 Å². The molecule has 1 atom stereocenters. The van der Waals surface area contributed by atoms with Crippen LogP contribution < -0.4 is 5.32 Å². The van der Waals surface area contributed by atoms with Gasteiger partial charge >= 0.3 is 0 Å². The lowest BCUT2D eigenvalue weighted by atomic mass is 10.1. The van der Waals surface area contributed by atoms with E-state index in [4.69, 9.17) is 0 Å². The highest BCUT2D eigenvalue weighted by Crippen LogP contribution is 2.36. The van der Waals surface area contributed by atoms with Crippen molar-refractivity contribution in [2.24, 2.45) is 0 Å². The van der Waals surface area contributed by atoms with Crippen LogP contribution in [0.1, 0.15) is 41.0 Å². The van der Waals surface area contributed by atoms with Crippen molar-refractivity contribution in [2.45, 2.75) is 31.5 Å². The van der Waals surface area contributed by atoms with Crippen LogP contribution in [0.2, 0.25) is 0 Å². The fraction of sp³-hybridized carbons (Fsp3) is 0.263. The molecule has 0 saturated heterocycles. The van der Waals surface area contributed by atoms with E-state index < -0.39 is 0 Å². The molecule has 0 unspecified atom stereocenters. The third-order valence-electron chi connectivity index (χ3n) is 4.39. The molecule has 2 heterocycles. The SMILES string of the molecule is O=C(N[C@H](Cn1cccn1)c1ccccc1)c1cccn1C1CC1. The summed E-state index contributed by atoms with van der Waals surface area (Å²) in [6.07, 6.45) is 7.98. The van der Waals surface area contributed by atoms with Crippen LogP contribution in [0.3, 0.4) is 0 Å². The Bertz CT molecular complexity index is 803. The smallest absolute Gasteiger partial charge is 0.268 e. The number of rotatable bonds is 6. The van der Waals surface area contributed by atoms with Gasteiger partial charge in [0.25, 0.3) is 5.91 Å². The van der Waals surface area contributed by atoms with Gasteiger partial charge in [0, 0.05) is 24.6 Å². The van der Waals surface area contributed by atoms with Gasteiger partial charge in [-0.25, -0.2) is 0 Å². The maximum Gasteiger partial charge on any atom is 0.268 e. The van der Waals surface area contributed by atoms with Crippen molar-refractivity contribution in [1.29, 1.82) is 0 Å². The lowest BCUT2D eigenvalue weighted by molar-refractivity contribution is 0.0922. The van der Waals surface area contributed by atoms with Gasteiger partial charge in [0.15, 0.2) is 0 Å². The standard InChI is InChI=1S/C19H20N4O/c24-19(18-8-4-13-23(18)16-9-10-16)21-17(14-22-12-5-11-20-22)15-6-2-1-3-7-15/h1-8,11-13,16-17H,9-10,14H2,(H,21,24)/t17-/m1/s1. The molecule has 5 nitrogen and oxygen atoms in total. The van der Waals surface area contributed by atoms with E-state index in [1.165, 1.54) is 0 Å². The summed E-state index contributed by atoms with van der Waals surface area (Å²) in [4.78, 5) is 12.8. The molecule has 1 N–H and O–H groups in total. The van der Waals surface area contributed by atoms with E-state index in [9.17, 15) is 4.79 Å². The molecule has 1 aliphatic rings. The summed E-state index contributed by atoms with van der Waals surface area (Å²) in [6, 6.07) is 16.1. The molecule has 24 heavy (non-hydrogen) atoms. The molecule has 1 saturated carbocycles. The second-order valence-corrected chi connectivity index (χ2v) is 6.20. The minimum Gasteiger partial charge on any atom is -0.342 e. The van der Waals surface area contributed by atoms with Gasteiger partial charge in [-0.2, -0.15) is 5.10 Å². The van der Waals surface area contributed by atoms with Gasteiger partial charge in [0.1, 0.15) is 5.69 Å². The van der Waals surface area contributed by atoms with Crippen LogP contribution in [0.5, 0.6) is 0 Å². The number of carbonyl (C=O) groups excluding carboxylic acids is 1. The van der Waals surface area contributed by atoms with Crippen LogP contribution in [-0.4, -0.2) is 20.3 Å². The zero-order valence-corrected chi connectivity index (χ0v) is 13.4. The Morgan fingerprint density at radius 3 is 2.67 bits per heavy atom. The lowest BCUT2D eigenvalue weighted by Crippen LogP contribution is -2.32. The monoisotopic (exact) mass is 320 g/mol. The molecule has 0 aliphatic heterocycles. The van der Waals surface area contributed by atoms with E-state index in [1.54, 1.807) is 6.20 Å². The first-order valence-corrected chi connectivity index (χ1v) is 8.31. The molecule has 0 bridgehead atoms. The van der Waals surface area contributed by atoms with E-state index in [2.05, 4.69) is 15.0 Å². The zero-order valence-electron chi connectivity index (χ0n) is 13.4. The number of carbonyl (C=O) groups is 1. The van der Waals surface area contributed by atoms with Crippen molar-refractivity contribution in [2.75, 3.05) is 0 Å². The highest BCUT2D eigenvalue weighted by molar-refractivity contribution is 5.93. The van der Waals surface area contributed by atoms with Crippen molar-refractivity contribution in [1.82, 2.24) is 19.7 Å². The van der Waals surface area contributed by atoms with Crippen molar-refractivity contribution in [3.8, 4) is 0 Å². The summed E-state index contributed by atoms with van der Waals surface area (Å²) in [5.41, 5.74) is 1.81. The second-order valence-electron chi connectivity index (χ2n) is 6.20. The quantitative estimate of drug-likeness (QED) is 0.758. The molecule has 4 rings (SSSR count).